The average molecular weight is 477 g/mol. The van der Waals surface area contributed by atoms with E-state index in [0.29, 0.717) is 23.6 Å². The molecule has 33 heavy (non-hydrogen) atoms. The summed E-state index contributed by atoms with van der Waals surface area (Å²) in [6.45, 7) is 0.360. The normalized spacial score (nSPS) is 17.9. The highest BCUT2D eigenvalue weighted by atomic mass is 35.5. The summed E-state index contributed by atoms with van der Waals surface area (Å²) in [5.74, 6) is -1.45. The molecule has 0 bridgehead atoms. The minimum absolute atomic E-state index is 0.114. The Balaban J connectivity index is 1.54. The molecule has 1 aliphatic rings. The Morgan fingerprint density at radius 3 is 2.55 bits per heavy atom. The van der Waals surface area contributed by atoms with Crippen molar-refractivity contribution in [2.75, 3.05) is 6.54 Å². The molecule has 3 heterocycles. The van der Waals surface area contributed by atoms with Crippen LogP contribution in [0, 0.1) is 0 Å². The summed E-state index contributed by atoms with van der Waals surface area (Å²) in [5.41, 5.74) is 2.79. The number of fused-ring (bicyclic) bond motifs is 1. The van der Waals surface area contributed by atoms with Gasteiger partial charge in [0, 0.05) is 46.2 Å². The first-order valence-electron chi connectivity index (χ1n) is 10.6. The van der Waals surface area contributed by atoms with Crippen molar-refractivity contribution < 1.29 is 14.7 Å². The molecule has 0 radical (unpaired) electrons. The number of rotatable bonds is 5. The Hall–Kier alpha value is -3.35. The number of ketones is 1. The van der Waals surface area contributed by atoms with E-state index in [-0.39, 0.29) is 11.3 Å². The number of benzene rings is 2. The van der Waals surface area contributed by atoms with E-state index in [1.165, 1.54) is 11.3 Å². The highest BCUT2D eigenvalue weighted by molar-refractivity contribution is 7.10. The minimum Gasteiger partial charge on any atom is -0.507 e. The van der Waals surface area contributed by atoms with Gasteiger partial charge in [0.05, 0.1) is 11.6 Å². The van der Waals surface area contributed by atoms with Crippen LogP contribution in [0.1, 0.15) is 22.0 Å². The highest BCUT2D eigenvalue weighted by Crippen LogP contribution is 2.41. The number of likely N-dealkylation sites (tertiary alicyclic amines) is 1. The molecule has 1 N–H and O–H groups in total. The number of thiophene rings is 1. The molecule has 2 aromatic heterocycles. The molecule has 0 saturated carbocycles. The van der Waals surface area contributed by atoms with Gasteiger partial charge in [-0.25, -0.2) is 0 Å². The lowest BCUT2D eigenvalue weighted by Gasteiger charge is -2.24. The van der Waals surface area contributed by atoms with Gasteiger partial charge in [-0.2, -0.15) is 0 Å². The van der Waals surface area contributed by atoms with E-state index in [4.69, 9.17) is 11.6 Å². The number of Topliss-reactive ketones (excluding diaryl/α,β-unsaturated/α-hetero) is 1. The van der Waals surface area contributed by atoms with Gasteiger partial charge in [0.25, 0.3) is 11.7 Å². The maximum absolute atomic E-state index is 13.1. The second-order valence-electron chi connectivity index (χ2n) is 8.05. The number of carbonyl (C=O) groups excluding carboxylic acids is 2. The van der Waals surface area contributed by atoms with Crippen LogP contribution in [0.4, 0.5) is 0 Å². The SMILES string of the molecule is Cn1cc(CCN2C(=O)C(=O)/C(=C(\O)c3ccc(Cl)cc3)C2c2cccs2)c2ccccc21. The lowest BCUT2D eigenvalue weighted by Crippen LogP contribution is -2.31. The van der Waals surface area contributed by atoms with Gasteiger partial charge in [0.1, 0.15) is 5.76 Å². The van der Waals surface area contributed by atoms with Crippen LogP contribution in [-0.4, -0.2) is 32.8 Å². The summed E-state index contributed by atoms with van der Waals surface area (Å²) < 4.78 is 2.07. The van der Waals surface area contributed by atoms with E-state index < -0.39 is 17.7 Å². The third-order valence-electron chi connectivity index (χ3n) is 6.07. The number of hydrogen-bond donors (Lipinski definition) is 1. The Morgan fingerprint density at radius 1 is 1.06 bits per heavy atom. The van der Waals surface area contributed by atoms with Crippen molar-refractivity contribution in [3.8, 4) is 0 Å². The van der Waals surface area contributed by atoms with Crippen LogP contribution in [-0.2, 0) is 23.1 Å². The number of nitrogens with zero attached hydrogens (tertiary/aromatic N) is 2. The number of amides is 1. The molecule has 1 amide bonds. The number of carbonyl (C=O) groups is 2. The number of aromatic nitrogens is 1. The molecule has 2 aromatic carbocycles. The van der Waals surface area contributed by atoms with Gasteiger partial charge >= 0.3 is 0 Å². The molecular weight excluding hydrogens is 456 g/mol. The number of halogens is 1. The molecule has 5 nitrogen and oxygen atoms in total. The van der Waals surface area contributed by atoms with Crippen molar-refractivity contribution in [3.63, 3.8) is 0 Å². The van der Waals surface area contributed by atoms with Gasteiger partial charge in [-0.3, -0.25) is 9.59 Å². The van der Waals surface area contributed by atoms with E-state index in [1.807, 2.05) is 36.7 Å². The van der Waals surface area contributed by atoms with Crippen LogP contribution in [0.3, 0.4) is 0 Å². The van der Waals surface area contributed by atoms with E-state index >= 15 is 0 Å². The standard InChI is InChI=1S/C26H21ClN2O3S/c1-28-15-17(19-5-2-3-6-20(19)28)12-13-29-23(21-7-4-14-33-21)22(25(31)26(29)32)24(30)16-8-10-18(27)11-9-16/h2-11,14-15,23,30H,12-13H2,1H3/b24-22-. The van der Waals surface area contributed by atoms with E-state index in [0.717, 1.165) is 21.3 Å². The van der Waals surface area contributed by atoms with Crippen molar-refractivity contribution in [3.05, 3.63) is 98.8 Å². The topological polar surface area (TPSA) is 62.5 Å². The van der Waals surface area contributed by atoms with E-state index in [9.17, 15) is 14.7 Å². The van der Waals surface area contributed by atoms with Crippen molar-refractivity contribution in [2.45, 2.75) is 12.5 Å². The minimum atomic E-state index is -0.668. The van der Waals surface area contributed by atoms with Crippen LogP contribution in [0.15, 0.2) is 77.8 Å². The smallest absolute Gasteiger partial charge is 0.295 e. The molecule has 1 aliphatic heterocycles. The van der Waals surface area contributed by atoms with Crippen molar-refractivity contribution in [1.29, 1.82) is 0 Å². The summed E-state index contributed by atoms with van der Waals surface area (Å²) in [4.78, 5) is 28.6. The summed E-state index contributed by atoms with van der Waals surface area (Å²) >= 11 is 7.44. The lowest BCUT2D eigenvalue weighted by atomic mass is 10.00. The van der Waals surface area contributed by atoms with Crippen LogP contribution < -0.4 is 0 Å². The molecule has 7 heteroatoms. The molecule has 1 atom stereocenters. The van der Waals surface area contributed by atoms with Crippen molar-refractivity contribution in [1.82, 2.24) is 9.47 Å². The zero-order valence-electron chi connectivity index (χ0n) is 17.9. The van der Waals surface area contributed by atoms with Gasteiger partial charge in [-0.05, 0) is 53.8 Å². The molecule has 0 spiro atoms. The summed E-state index contributed by atoms with van der Waals surface area (Å²) in [6, 6.07) is 17.8. The first kappa shape index (κ1) is 21.5. The highest BCUT2D eigenvalue weighted by Gasteiger charge is 2.46. The summed E-state index contributed by atoms with van der Waals surface area (Å²) in [5, 5.41) is 14.6. The Morgan fingerprint density at radius 2 is 1.82 bits per heavy atom. The second kappa shape index (κ2) is 8.54. The largest absolute Gasteiger partial charge is 0.507 e. The molecule has 166 valence electrons. The zero-order chi connectivity index (χ0) is 23.1. The second-order valence-corrected chi connectivity index (χ2v) is 9.46. The average Bonchev–Trinajstić information content (AvgIpc) is 3.52. The van der Waals surface area contributed by atoms with Crippen LogP contribution >= 0.6 is 22.9 Å². The molecule has 1 fully saturated rings. The van der Waals surface area contributed by atoms with Gasteiger partial charge in [0.15, 0.2) is 0 Å². The fourth-order valence-electron chi connectivity index (χ4n) is 4.48. The zero-order valence-corrected chi connectivity index (χ0v) is 19.4. The Kier molecular flexibility index (Phi) is 5.56. The predicted octanol–water partition coefficient (Wildman–Crippen LogP) is 5.56. The van der Waals surface area contributed by atoms with Crippen molar-refractivity contribution >= 4 is 51.3 Å². The van der Waals surface area contributed by atoms with Crippen LogP contribution in [0.5, 0.6) is 0 Å². The van der Waals surface area contributed by atoms with Crippen LogP contribution in [0.25, 0.3) is 16.7 Å². The third kappa shape index (κ3) is 3.75. The summed E-state index contributed by atoms with van der Waals surface area (Å²) in [6.07, 6.45) is 2.66. The lowest BCUT2D eigenvalue weighted by molar-refractivity contribution is -0.139. The van der Waals surface area contributed by atoms with Gasteiger partial charge in [-0.1, -0.05) is 35.9 Å². The summed E-state index contributed by atoms with van der Waals surface area (Å²) in [7, 11) is 2.00. The van der Waals surface area contributed by atoms with Gasteiger partial charge in [0.2, 0.25) is 0 Å². The fourth-order valence-corrected chi connectivity index (χ4v) is 5.45. The Bertz CT molecular complexity index is 1390. The van der Waals surface area contributed by atoms with Gasteiger partial charge in [-0.15, -0.1) is 11.3 Å². The predicted molar refractivity (Wildman–Crippen MR) is 131 cm³/mol. The third-order valence-corrected chi connectivity index (χ3v) is 7.25. The number of para-hydroxylation sites is 1. The van der Waals surface area contributed by atoms with Gasteiger partial charge < -0.3 is 14.6 Å². The Labute approximate surface area is 200 Å². The molecule has 1 saturated heterocycles. The molecule has 4 aromatic rings. The van der Waals surface area contributed by atoms with E-state index in [1.54, 1.807) is 29.2 Å². The van der Waals surface area contributed by atoms with Crippen molar-refractivity contribution in [2.24, 2.45) is 7.05 Å². The van der Waals surface area contributed by atoms with Crippen LogP contribution in [0.2, 0.25) is 5.02 Å². The molecule has 5 rings (SSSR count). The molecule has 0 aliphatic carbocycles. The fraction of sp³-hybridized carbons (Fsp3) is 0.154. The molecular formula is C26H21ClN2O3S. The maximum Gasteiger partial charge on any atom is 0.295 e. The number of hydrogen-bond acceptors (Lipinski definition) is 4. The number of aryl methyl sites for hydroxylation is 1. The maximum atomic E-state index is 13.1. The van der Waals surface area contributed by atoms with E-state index in [2.05, 4.69) is 22.9 Å². The monoisotopic (exact) mass is 476 g/mol. The number of aliphatic hydroxyl groups is 1. The first-order chi connectivity index (χ1) is 16.0. The number of aliphatic hydroxyl groups excluding tert-OH is 1. The quantitative estimate of drug-likeness (QED) is 0.233. The molecule has 1 unspecified atom stereocenters. The first-order valence-corrected chi connectivity index (χ1v) is 11.8.